The molecule has 118 valence electrons. The number of rotatable bonds is 6. The van der Waals surface area contributed by atoms with Gasteiger partial charge in [0.15, 0.2) is 0 Å². The number of thiophene rings is 1. The van der Waals surface area contributed by atoms with E-state index in [1.165, 1.54) is 4.88 Å². The van der Waals surface area contributed by atoms with E-state index in [0.29, 0.717) is 12.1 Å². The Kier molecular flexibility index (Phi) is 4.88. The summed E-state index contributed by atoms with van der Waals surface area (Å²) < 4.78 is 1.84. The molecule has 0 radical (unpaired) electrons. The summed E-state index contributed by atoms with van der Waals surface area (Å²) in [5, 5.41) is 9.32. The third kappa shape index (κ3) is 4.29. The molecule has 0 saturated carbocycles. The van der Waals surface area contributed by atoms with Crippen LogP contribution in [0.15, 0.2) is 60.2 Å². The maximum Gasteiger partial charge on any atom is 0.251 e. The first kappa shape index (κ1) is 15.5. The normalized spacial score (nSPS) is 12.0. The first-order chi connectivity index (χ1) is 11.2. The van der Waals surface area contributed by atoms with E-state index in [2.05, 4.69) is 21.9 Å². The van der Waals surface area contributed by atoms with E-state index in [-0.39, 0.29) is 11.9 Å². The molecule has 0 fully saturated rings. The summed E-state index contributed by atoms with van der Waals surface area (Å²) in [6.45, 7) is 2.70. The van der Waals surface area contributed by atoms with Crippen LogP contribution < -0.4 is 5.32 Å². The SMILES string of the molecule is CC(Cc1cccs1)NC(=O)c1cccc(Cn2cccn2)c1. The molecule has 0 aliphatic rings. The third-order valence-corrected chi connectivity index (χ3v) is 4.46. The van der Waals surface area contributed by atoms with Crippen molar-refractivity contribution in [1.29, 1.82) is 0 Å². The zero-order valence-corrected chi connectivity index (χ0v) is 13.8. The van der Waals surface area contributed by atoms with Gasteiger partial charge in [-0.05, 0) is 42.1 Å². The fraction of sp³-hybridized carbons (Fsp3) is 0.222. The number of nitrogens with one attached hydrogen (secondary N) is 1. The van der Waals surface area contributed by atoms with Gasteiger partial charge in [0.25, 0.3) is 5.91 Å². The lowest BCUT2D eigenvalue weighted by Crippen LogP contribution is -2.33. The molecule has 4 nitrogen and oxygen atoms in total. The van der Waals surface area contributed by atoms with Crippen molar-refractivity contribution in [2.75, 3.05) is 0 Å². The average molecular weight is 325 g/mol. The van der Waals surface area contributed by atoms with Gasteiger partial charge < -0.3 is 5.32 Å². The highest BCUT2D eigenvalue weighted by atomic mass is 32.1. The highest BCUT2D eigenvalue weighted by molar-refractivity contribution is 7.09. The number of aromatic nitrogens is 2. The number of hydrogen-bond donors (Lipinski definition) is 1. The van der Waals surface area contributed by atoms with Gasteiger partial charge in [-0.25, -0.2) is 0 Å². The fourth-order valence-corrected chi connectivity index (χ4v) is 3.32. The van der Waals surface area contributed by atoms with Gasteiger partial charge in [-0.3, -0.25) is 9.48 Å². The van der Waals surface area contributed by atoms with Crippen LogP contribution in [0.25, 0.3) is 0 Å². The van der Waals surface area contributed by atoms with Gasteiger partial charge in [0.05, 0.1) is 6.54 Å². The molecule has 1 N–H and O–H groups in total. The first-order valence-corrected chi connectivity index (χ1v) is 8.48. The number of carbonyl (C=O) groups excluding carboxylic acids is 1. The van der Waals surface area contributed by atoms with Crippen LogP contribution in [0.5, 0.6) is 0 Å². The van der Waals surface area contributed by atoms with Crippen LogP contribution in [-0.4, -0.2) is 21.7 Å². The molecule has 0 aliphatic heterocycles. The Morgan fingerprint density at radius 3 is 2.96 bits per heavy atom. The van der Waals surface area contributed by atoms with Crippen LogP contribution in [0.3, 0.4) is 0 Å². The minimum atomic E-state index is -0.0311. The van der Waals surface area contributed by atoms with Gasteiger partial charge in [0.1, 0.15) is 0 Å². The van der Waals surface area contributed by atoms with Crippen molar-refractivity contribution in [3.63, 3.8) is 0 Å². The summed E-state index contributed by atoms with van der Waals surface area (Å²) in [4.78, 5) is 13.7. The predicted octanol–water partition coefficient (Wildman–Crippen LogP) is 3.35. The lowest BCUT2D eigenvalue weighted by atomic mass is 10.1. The summed E-state index contributed by atoms with van der Waals surface area (Å²) in [6, 6.07) is 13.8. The lowest BCUT2D eigenvalue weighted by Gasteiger charge is -2.13. The van der Waals surface area contributed by atoms with Crippen molar-refractivity contribution in [3.05, 3.63) is 76.2 Å². The molecular weight excluding hydrogens is 306 g/mol. The van der Waals surface area contributed by atoms with Crippen LogP contribution >= 0.6 is 11.3 Å². The zero-order valence-electron chi connectivity index (χ0n) is 13.0. The van der Waals surface area contributed by atoms with E-state index in [0.717, 1.165) is 12.0 Å². The Morgan fingerprint density at radius 1 is 1.30 bits per heavy atom. The van der Waals surface area contributed by atoms with Crippen molar-refractivity contribution in [2.24, 2.45) is 0 Å². The van der Waals surface area contributed by atoms with Gasteiger partial charge in [-0.15, -0.1) is 11.3 Å². The molecule has 2 aromatic heterocycles. The highest BCUT2D eigenvalue weighted by Gasteiger charge is 2.11. The smallest absolute Gasteiger partial charge is 0.251 e. The van der Waals surface area contributed by atoms with Crippen molar-refractivity contribution in [1.82, 2.24) is 15.1 Å². The number of hydrogen-bond acceptors (Lipinski definition) is 3. The van der Waals surface area contributed by atoms with E-state index in [9.17, 15) is 4.79 Å². The van der Waals surface area contributed by atoms with Gasteiger partial charge in [0.2, 0.25) is 0 Å². The van der Waals surface area contributed by atoms with E-state index in [1.807, 2.05) is 54.2 Å². The molecule has 1 amide bonds. The fourth-order valence-electron chi connectivity index (χ4n) is 2.48. The quantitative estimate of drug-likeness (QED) is 0.755. The second-order valence-corrected chi connectivity index (χ2v) is 6.59. The van der Waals surface area contributed by atoms with E-state index in [4.69, 9.17) is 0 Å². The summed E-state index contributed by atoms with van der Waals surface area (Å²) in [5.41, 5.74) is 1.75. The zero-order chi connectivity index (χ0) is 16.1. The molecule has 2 heterocycles. The van der Waals surface area contributed by atoms with Gasteiger partial charge in [0, 0.05) is 35.3 Å². The third-order valence-electron chi connectivity index (χ3n) is 3.56. The van der Waals surface area contributed by atoms with Gasteiger partial charge in [-0.2, -0.15) is 5.10 Å². The monoisotopic (exact) mass is 325 g/mol. The number of amides is 1. The van der Waals surface area contributed by atoms with Crippen LogP contribution in [0.1, 0.15) is 27.7 Å². The van der Waals surface area contributed by atoms with Crippen molar-refractivity contribution >= 4 is 17.2 Å². The molecule has 0 bridgehead atoms. The summed E-state index contributed by atoms with van der Waals surface area (Å²) >= 11 is 1.72. The minimum Gasteiger partial charge on any atom is -0.349 e. The largest absolute Gasteiger partial charge is 0.349 e. The van der Waals surface area contributed by atoms with E-state index >= 15 is 0 Å². The summed E-state index contributed by atoms with van der Waals surface area (Å²) in [7, 11) is 0. The number of benzene rings is 1. The van der Waals surface area contributed by atoms with Crippen molar-refractivity contribution in [3.8, 4) is 0 Å². The summed E-state index contributed by atoms with van der Waals surface area (Å²) in [5.74, 6) is -0.0311. The molecule has 1 aromatic carbocycles. The number of nitrogens with zero attached hydrogens (tertiary/aromatic N) is 2. The van der Waals surface area contributed by atoms with E-state index in [1.54, 1.807) is 17.5 Å². The van der Waals surface area contributed by atoms with E-state index < -0.39 is 0 Å². The number of carbonyl (C=O) groups is 1. The molecule has 5 heteroatoms. The Balaban J connectivity index is 1.62. The Morgan fingerprint density at radius 2 is 2.22 bits per heavy atom. The van der Waals surface area contributed by atoms with Gasteiger partial charge >= 0.3 is 0 Å². The first-order valence-electron chi connectivity index (χ1n) is 7.60. The van der Waals surface area contributed by atoms with Crippen molar-refractivity contribution in [2.45, 2.75) is 25.9 Å². The molecule has 1 atom stereocenters. The molecule has 23 heavy (non-hydrogen) atoms. The standard InChI is InChI=1S/C18H19N3OS/c1-14(11-17-7-3-10-23-17)20-18(22)16-6-2-5-15(12-16)13-21-9-4-8-19-21/h2-10,12,14H,11,13H2,1H3,(H,20,22). The van der Waals surface area contributed by atoms with Crippen LogP contribution in [0, 0.1) is 0 Å². The maximum atomic E-state index is 12.4. The molecule has 0 aliphatic carbocycles. The second kappa shape index (κ2) is 7.24. The molecule has 0 saturated heterocycles. The second-order valence-electron chi connectivity index (χ2n) is 5.56. The van der Waals surface area contributed by atoms with Crippen LogP contribution in [0.4, 0.5) is 0 Å². The summed E-state index contributed by atoms with van der Waals surface area (Å²) in [6.07, 6.45) is 4.52. The molecule has 0 spiro atoms. The van der Waals surface area contributed by atoms with Crippen molar-refractivity contribution < 1.29 is 4.79 Å². The Hall–Kier alpha value is -2.40. The Bertz CT molecular complexity index is 750. The Labute approximate surface area is 139 Å². The maximum absolute atomic E-state index is 12.4. The topological polar surface area (TPSA) is 46.9 Å². The van der Waals surface area contributed by atoms with Crippen LogP contribution in [-0.2, 0) is 13.0 Å². The molecule has 3 rings (SSSR count). The molecule has 3 aromatic rings. The highest BCUT2D eigenvalue weighted by Crippen LogP contribution is 2.12. The average Bonchev–Trinajstić information content (AvgIpc) is 3.21. The van der Waals surface area contributed by atoms with Gasteiger partial charge in [-0.1, -0.05) is 18.2 Å². The lowest BCUT2D eigenvalue weighted by molar-refractivity contribution is 0.0940. The molecule has 1 unspecified atom stereocenters. The predicted molar refractivity (Wildman–Crippen MR) is 92.7 cm³/mol. The minimum absolute atomic E-state index is 0.0311. The molecular formula is C18H19N3OS. The van der Waals surface area contributed by atoms with Crippen LogP contribution in [0.2, 0.25) is 0 Å².